The van der Waals surface area contributed by atoms with E-state index in [1.54, 1.807) is 0 Å². The van der Waals surface area contributed by atoms with Gasteiger partial charge >= 0.3 is 12.1 Å². The number of esters is 1. The van der Waals surface area contributed by atoms with Gasteiger partial charge in [-0.05, 0) is 125 Å². The Morgan fingerprint density at radius 1 is 0.846 bits per heavy atom. The van der Waals surface area contributed by atoms with E-state index in [4.69, 9.17) is 24.2 Å². The minimum absolute atomic E-state index is 0.0167. The number of aliphatic imine (C=N–C) groups is 1. The zero-order valence-corrected chi connectivity index (χ0v) is 37.7. The van der Waals surface area contributed by atoms with Gasteiger partial charge in [-0.2, -0.15) is 0 Å². The van der Waals surface area contributed by atoms with Crippen LogP contribution >= 0.6 is 0 Å². The third kappa shape index (κ3) is 8.06. The van der Waals surface area contributed by atoms with E-state index in [0.717, 1.165) is 87.9 Å². The molecule has 5 aliphatic rings. The third-order valence-electron chi connectivity index (χ3n) is 15.0. The largest absolute Gasteiger partial charge is 0.469 e. The van der Waals surface area contributed by atoms with Gasteiger partial charge in [-0.1, -0.05) is 56.3 Å². The minimum Gasteiger partial charge on any atom is -0.469 e. The smallest absolute Gasteiger partial charge is 0.407 e. The third-order valence-corrected chi connectivity index (χ3v) is 15.0. The van der Waals surface area contributed by atoms with Crippen LogP contribution in [-0.2, 0) is 35.0 Å². The average molecular weight is 879 g/mol. The number of fused-ring (bicyclic) bond motifs is 6. The second-order valence-electron chi connectivity index (χ2n) is 19.0. The SMILES string of the molecule is COC(=O)C[C@H](C(=O)N1CCC[C@H]1C1=Nc2ccc3cc(-c4ccc5cc(-c6cnc([C@@H]7[C@H]8CC[C@H](C8)N7C(=O)[C@H](NC(=O)OC)C7CCOCC7)[nH]6)ccc5c4)ccc3c2C1)C(C)C. The molecule has 1 aliphatic carbocycles. The number of aromatic amines is 1. The van der Waals surface area contributed by atoms with Crippen LogP contribution in [0.1, 0.15) is 82.6 Å². The molecule has 4 aromatic carbocycles. The zero-order valence-electron chi connectivity index (χ0n) is 37.7. The number of nitrogens with zero attached hydrogens (tertiary/aromatic N) is 4. The van der Waals surface area contributed by atoms with Crippen molar-refractivity contribution in [2.45, 2.75) is 95.8 Å². The van der Waals surface area contributed by atoms with E-state index in [0.29, 0.717) is 44.9 Å². The Kier molecular flexibility index (Phi) is 11.7. The molecule has 1 saturated carbocycles. The predicted octanol–water partition coefficient (Wildman–Crippen LogP) is 8.71. The summed E-state index contributed by atoms with van der Waals surface area (Å²) in [5.41, 5.74) is 7.36. The molecule has 65 heavy (non-hydrogen) atoms. The van der Waals surface area contributed by atoms with E-state index in [1.165, 1.54) is 25.2 Å². The Balaban J connectivity index is 0.848. The zero-order chi connectivity index (χ0) is 44.9. The van der Waals surface area contributed by atoms with Gasteiger partial charge in [0.15, 0.2) is 0 Å². The molecule has 13 nitrogen and oxygen atoms in total. The van der Waals surface area contributed by atoms with Crippen molar-refractivity contribution in [1.82, 2.24) is 25.1 Å². The maximum Gasteiger partial charge on any atom is 0.407 e. The molecular formula is C52H58N6O7. The number of ether oxygens (including phenoxy) is 3. The van der Waals surface area contributed by atoms with E-state index in [1.807, 2.05) is 29.8 Å². The number of alkyl carbamates (subject to hydrolysis) is 1. The molecule has 3 saturated heterocycles. The number of benzene rings is 4. The van der Waals surface area contributed by atoms with E-state index < -0.39 is 18.1 Å². The molecule has 4 aliphatic heterocycles. The Morgan fingerprint density at radius 2 is 1.57 bits per heavy atom. The molecule has 5 heterocycles. The van der Waals surface area contributed by atoms with Gasteiger partial charge in [0.1, 0.15) is 11.9 Å². The average Bonchev–Trinajstić information content (AvgIpc) is 4.20. The summed E-state index contributed by atoms with van der Waals surface area (Å²) >= 11 is 0. The Morgan fingerprint density at radius 3 is 2.32 bits per heavy atom. The summed E-state index contributed by atoms with van der Waals surface area (Å²) in [5, 5.41) is 7.44. The van der Waals surface area contributed by atoms with E-state index in [9.17, 15) is 19.2 Å². The highest BCUT2D eigenvalue weighted by molar-refractivity contribution is 6.06. The van der Waals surface area contributed by atoms with Crippen LogP contribution in [0.2, 0.25) is 0 Å². The maximum atomic E-state index is 14.4. The summed E-state index contributed by atoms with van der Waals surface area (Å²) in [6.45, 7) is 5.79. The number of methoxy groups -OCH3 is 2. The van der Waals surface area contributed by atoms with Gasteiger partial charge in [-0.15, -0.1) is 0 Å². The number of aromatic nitrogens is 2. The molecule has 13 heteroatoms. The molecule has 2 bridgehead atoms. The number of carbonyl (C=O) groups is 4. The summed E-state index contributed by atoms with van der Waals surface area (Å²) in [6.07, 6.45) is 8.19. The summed E-state index contributed by atoms with van der Waals surface area (Å²) in [6, 6.07) is 23.1. The second-order valence-corrected chi connectivity index (χ2v) is 19.0. The van der Waals surface area contributed by atoms with Crippen LogP contribution in [0.5, 0.6) is 0 Å². The van der Waals surface area contributed by atoms with Crippen molar-refractivity contribution >= 4 is 56.8 Å². The number of piperidine rings is 1. The molecule has 4 fully saturated rings. The predicted molar refractivity (Wildman–Crippen MR) is 249 cm³/mol. The Bertz CT molecular complexity index is 2700. The highest BCUT2D eigenvalue weighted by Crippen LogP contribution is 2.50. The van der Waals surface area contributed by atoms with Gasteiger partial charge < -0.3 is 34.3 Å². The highest BCUT2D eigenvalue weighted by Gasteiger charge is 2.52. The van der Waals surface area contributed by atoms with Crippen LogP contribution in [-0.4, -0.2) is 101 Å². The number of imidazole rings is 1. The lowest BCUT2D eigenvalue weighted by atomic mass is 9.89. The topological polar surface area (TPSA) is 156 Å². The van der Waals surface area contributed by atoms with E-state index >= 15 is 0 Å². The normalized spacial score (nSPS) is 22.6. The van der Waals surface area contributed by atoms with Gasteiger partial charge in [0, 0.05) is 43.5 Å². The van der Waals surface area contributed by atoms with Crippen LogP contribution in [0.4, 0.5) is 10.5 Å². The van der Waals surface area contributed by atoms with Crippen LogP contribution in [0.25, 0.3) is 43.9 Å². The molecule has 338 valence electrons. The molecule has 10 rings (SSSR count). The van der Waals surface area contributed by atoms with Gasteiger partial charge in [-0.3, -0.25) is 19.4 Å². The Labute approximate surface area is 379 Å². The standard InChI is InChI=1S/C52H58N6O7/c1-29(2)40(27-46(59)63-3)50(60)57-19-5-6-45(57)43-26-41-39-15-12-34(23-35(39)13-16-42(41)54-43)31-7-8-33-24-36(10-9-32(33)22-31)44-28-53-49(55-44)48-37-11-14-38(25-37)58(48)51(61)47(56-52(62)64-4)30-17-20-65-21-18-30/h7-10,12-13,15-16,22-24,28-30,37-38,40,45,47-48H,5-6,11,14,17-21,25-27H2,1-4H3,(H,53,55)(H,56,62)/t37-,38+,40-,45-,47+,48-/m0/s1. The second kappa shape index (κ2) is 17.7. The lowest BCUT2D eigenvalue weighted by Crippen LogP contribution is -2.55. The molecule has 0 spiro atoms. The highest BCUT2D eigenvalue weighted by atomic mass is 16.5. The number of H-pyrrole nitrogens is 1. The lowest BCUT2D eigenvalue weighted by Gasteiger charge is -2.39. The summed E-state index contributed by atoms with van der Waals surface area (Å²) in [4.78, 5) is 70.5. The first-order valence-electron chi connectivity index (χ1n) is 23.4. The lowest BCUT2D eigenvalue weighted by molar-refractivity contribution is -0.148. The van der Waals surface area contributed by atoms with Crippen LogP contribution in [0.15, 0.2) is 77.9 Å². The Hall–Kier alpha value is -6.08. The number of hydrogen-bond donors (Lipinski definition) is 2. The summed E-state index contributed by atoms with van der Waals surface area (Å²) in [5.74, 6) is 0.266. The molecule has 5 aromatic rings. The van der Waals surface area contributed by atoms with Crippen molar-refractivity contribution in [2.24, 2.45) is 28.7 Å². The summed E-state index contributed by atoms with van der Waals surface area (Å²) < 4.78 is 15.5. The molecule has 2 N–H and O–H groups in total. The van der Waals surface area contributed by atoms with Gasteiger partial charge in [0.05, 0.1) is 56.2 Å². The van der Waals surface area contributed by atoms with Gasteiger partial charge in [0.2, 0.25) is 11.8 Å². The fraction of sp³-hybridized carbons (Fsp3) is 0.462. The van der Waals surface area contributed by atoms with Crippen molar-refractivity contribution in [3.05, 3.63) is 84.3 Å². The monoisotopic (exact) mass is 878 g/mol. The van der Waals surface area contributed by atoms with Crippen LogP contribution in [0.3, 0.4) is 0 Å². The molecular weight excluding hydrogens is 821 g/mol. The van der Waals surface area contributed by atoms with Crippen LogP contribution in [0, 0.1) is 23.7 Å². The number of amides is 3. The van der Waals surface area contributed by atoms with E-state index in [2.05, 4.69) is 77.0 Å². The first kappa shape index (κ1) is 42.8. The van der Waals surface area contributed by atoms with E-state index in [-0.39, 0.29) is 54.2 Å². The van der Waals surface area contributed by atoms with Crippen molar-refractivity contribution < 1.29 is 33.4 Å². The number of hydrogen-bond acceptors (Lipinski definition) is 9. The van der Waals surface area contributed by atoms with Crippen LogP contribution < -0.4 is 5.32 Å². The first-order valence-corrected chi connectivity index (χ1v) is 23.4. The molecule has 3 amide bonds. The number of rotatable bonds is 11. The maximum absolute atomic E-state index is 14.4. The number of nitrogens with one attached hydrogen (secondary N) is 2. The van der Waals surface area contributed by atoms with Gasteiger partial charge in [0.25, 0.3) is 0 Å². The number of likely N-dealkylation sites (tertiary alicyclic amines) is 2. The minimum atomic E-state index is -0.676. The van der Waals surface area contributed by atoms with Crippen molar-refractivity contribution in [3.63, 3.8) is 0 Å². The molecule has 0 radical (unpaired) electrons. The molecule has 0 unspecified atom stereocenters. The fourth-order valence-electron chi connectivity index (χ4n) is 11.5. The van der Waals surface area contributed by atoms with Crippen molar-refractivity contribution in [2.75, 3.05) is 34.0 Å². The summed E-state index contributed by atoms with van der Waals surface area (Å²) in [7, 11) is 2.70. The quantitative estimate of drug-likeness (QED) is 0.125. The van der Waals surface area contributed by atoms with Gasteiger partial charge in [-0.25, -0.2) is 9.78 Å². The van der Waals surface area contributed by atoms with Crippen molar-refractivity contribution in [1.29, 1.82) is 0 Å². The molecule has 6 atom stereocenters. The first-order chi connectivity index (χ1) is 31.6. The van der Waals surface area contributed by atoms with Crippen molar-refractivity contribution in [3.8, 4) is 22.4 Å². The fourth-order valence-corrected chi connectivity index (χ4v) is 11.5. The number of carbonyl (C=O) groups excluding carboxylic acids is 4. The molecule has 1 aromatic heterocycles.